The summed E-state index contributed by atoms with van der Waals surface area (Å²) >= 11 is 1.21. The van der Waals surface area contributed by atoms with Gasteiger partial charge in [0.05, 0.1) is 12.0 Å². The number of aryl methyl sites for hydroxylation is 1. The van der Waals surface area contributed by atoms with Crippen LogP contribution in [0.3, 0.4) is 0 Å². The Morgan fingerprint density at radius 1 is 1.07 bits per heavy atom. The first kappa shape index (κ1) is 22.4. The number of thiophene rings is 1. The van der Waals surface area contributed by atoms with E-state index in [1.54, 1.807) is 29.6 Å². The Labute approximate surface area is 179 Å². The number of methoxy groups -OCH3 is 1. The number of ether oxygens (including phenoxy) is 1. The summed E-state index contributed by atoms with van der Waals surface area (Å²) in [5.41, 5.74) is 0.903. The molecule has 0 radical (unpaired) electrons. The summed E-state index contributed by atoms with van der Waals surface area (Å²) in [6.07, 6.45) is 0. The largest absolute Gasteiger partial charge is 0.495 e. The number of hydrogen-bond acceptors (Lipinski definition) is 6. The molecule has 3 aromatic rings. The summed E-state index contributed by atoms with van der Waals surface area (Å²) in [6.45, 7) is 1.42. The summed E-state index contributed by atoms with van der Waals surface area (Å²) in [5.74, 6) is -0.795. The van der Waals surface area contributed by atoms with Gasteiger partial charge in [-0.3, -0.25) is 0 Å². The second kappa shape index (κ2) is 8.84. The van der Waals surface area contributed by atoms with Crippen molar-refractivity contribution in [2.75, 3.05) is 13.7 Å². The lowest BCUT2D eigenvalue weighted by molar-refractivity contribution is 0.400. The monoisotopic (exact) mass is 469 g/mol. The molecule has 3 rings (SSSR count). The molecule has 0 aliphatic carbocycles. The average Bonchev–Trinajstić information content (AvgIpc) is 3.22. The fraction of sp³-hybridized carbons (Fsp3) is 0.200. The molecule has 1 atom stereocenters. The van der Waals surface area contributed by atoms with Crippen LogP contribution in [0.1, 0.15) is 15.7 Å². The number of rotatable bonds is 8. The minimum absolute atomic E-state index is 0.0436. The molecule has 0 aliphatic heterocycles. The molecule has 0 aliphatic rings. The van der Waals surface area contributed by atoms with E-state index < -0.39 is 42.4 Å². The lowest BCUT2D eigenvalue weighted by atomic mass is 10.2. The number of halogens is 1. The Balaban J connectivity index is 1.96. The van der Waals surface area contributed by atoms with Gasteiger partial charge in [0.1, 0.15) is 21.7 Å². The van der Waals surface area contributed by atoms with E-state index in [4.69, 9.17) is 4.74 Å². The van der Waals surface area contributed by atoms with Crippen LogP contribution in [0.25, 0.3) is 0 Å². The summed E-state index contributed by atoms with van der Waals surface area (Å²) in [7, 11) is -6.86. The van der Waals surface area contributed by atoms with Crippen LogP contribution < -0.4 is 9.46 Å². The number of sulfonamides is 1. The van der Waals surface area contributed by atoms with Crippen LogP contribution in [0.15, 0.2) is 69.8 Å². The maximum Gasteiger partial charge on any atom is 0.244 e. The Bertz CT molecular complexity index is 1220. The molecule has 1 unspecified atom stereocenters. The predicted molar refractivity (Wildman–Crippen MR) is 114 cm³/mol. The van der Waals surface area contributed by atoms with E-state index in [9.17, 15) is 21.2 Å². The number of benzene rings is 2. The predicted octanol–water partition coefficient (Wildman–Crippen LogP) is 3.70. The third-order valence-corrected chi connectivity index (χ3v) is 9.14. The van der Waals surface area contributed by atoms with Crippen molar-refractivity contribution in [3.05, 3.63) is 76.2 Å². The molecule has 1 aromatic heterocycles. The van der Waals surface area contributed by atoms with Crippen molar-refractivity contribution >= 4 is 31.2 Å². The van der Waals surface area contributed by atoms with Crippen LogP contribution in [-0.4, -0.2) is 30.5 Å². The van der Waals surface area contributed by atoms with E-state index in [1.165, 1.54) is 36.6 Å². The van der Waals surface area contributed by atoms with Gasteiger partial charge in [0, 0.05) is 11.4 Å². The highest BCUT2D eigenvalue weighted by Crippen LogP contribution is 2.32. The van der Waals surface area contributed by atoms with Crippen molar-refractivity contribution in [1.29, 1.82) is 0 Å². The van der Waals surface area contributed by atoms with Gasteiger partial charge in [0.25, 0.3) is 0 Å². The number of hydrogen-bond donors (Lipinski definition) is 1. The lowest BCUT2D eigenvalue weighted by Crippen LogP contribution is -2.32. The smallest absolute Gasteiger partial charge is 0.244 e. The molecule has 0 fully saturated rings. The molecule has 160 valence electrons. The van der Waals surface area contributed by atoms with E-state index in [1.807, 2.05) is 6.92 Å². The topological polar surface area (TPSA) is 89.5 Å². The van der Waals surface area contributed by atoms with Gasteiger partial charge in [0.2, 0.25) is 10.0 Å². The zero-order valence-electron chi connectivity index (χ0n) is 16.2. The van der Waals surface area contributed by atoms with Crippen LogP contribution in [0.5, 0.6) is 5.75 Å². The zero-order valence-corrected chi connectivity index (χ0v) is 18.7. The summed E-state index contributed by atoms with van der Waals surface area (Å²) < 4.78 is 73.1. The third kappa shape index (κ3) is 4.72. The second-order valence-electron chi connectivity index (χ2n) is 6.51. The highest BCUT2D eigenvalue weighted by Gasteiger charge is 2.32. The van der Waals surface area contributed by atoms with Crippen molar-refractivity contribution in [3.8, 4) is 5.75 Å². The van der Waals surface area contributed by atoms with Gasteiger partial charge in [-0.2, -0.15) is 0 Å². The first-order chi connectivity index (χ1) is 14.1. The lowest BCUT2D eigenvalue weighted by Gasteiger charge is -2.18. The zero-order chi connectivity index (χ0) is 21.9. The van der Waals surface area contributed by atoms with E-state index in [0.717, 1.165) is 17.7 Å². The van der Waals surface area contributed by atoms with Crippen LogP contribution >= 0.6 is 11.3 Å². The molecule has 0 saturated carbocycles. The van der Waals surface area contributed by atoms with E-state index in [-0.39, 0.29) is 10.6 Å². The standard InChI is InChI=1S/C20H20FNO5S3/c1-14-5-8-16(9-6-14)29(23,24)20(18-4-3-11-28-18)13-22-30(25,26)19-12-15(21)7-10-17(19)27-2/h3-12,20,22H,13H2,1-2H3. The Morgan fingerprint density at radius 3 is 2.37 bits per heavy atom. The maximum absolute atomic E-state index is 13.6. The average molecular weight is 470 g/mol. The normalized spacial score (nSPS) is 13.2. The molecule has 6 nitrogen and oxygen atoms in total. The third-order valence-electron chi connectivity index (χ3n) is 4.46. The molecule has 1 heterocycles. The Hall–Kier alpha value is -2.27. The van der Waals surface area contributed by atoms with E-state index >= 15 is 0 Å². The fourth-order valence-electron chi connectivity index (χ4n) is 2.85. The molecule has 0 saturated heterocycles. The molecular weight excluding hydrogens is 449 g/mol. The summed E-state index contributed by atoms with van der Waals surface area (Å²) in [4.78, 5) is 0.182. The van der Waals surface area contributed by atoms with Gasteiger partial charge in [-0.25, -0.2) is 25.9 Å². The first-order valence-corrected chi connectivity index (χ1v) is 12.7. The van der Waals surface area contributed by atoms with Gasteiger partial charge in [0.15, 0.2) is 9.84 Å². The number of sulfone groups is 1. The summed E-state index contributed by atoms with van der Waals surface area (Å²) in [5, 5.41) is 0.575. The molecular formula is C20H20FNO5S3. The van der Waals surface area contributed by atoms with E-state index in [0.29, 0.717) is 4.88 Å². The van der Waals surface area contributed by atoms with Crippen molar-refractivity contribution in [3.63, 3.8) is 0 Å². The Kier molecular flexibility index (Phi) is 6.61. The van der Waals surface area contributed by atoms with Gasteiger partial charge in [-0.1, -0.05) is 23.8 Å². The molecule has 0 bridgehead atoms. The molecule has 30 heavy (non-hydrogen) atoms. The van der Waals surface area contributed by atoms with Crippen molar-refractivity contribution in [2.45, 2.75) is 22.0 Å². The van der Waals surface area contributed by atoms with Crippen LogP contribution in [-0.2, 0) is 19.9 Å². The van der Waals surface area contributed by atoms with E-state index in [2.05, 4.69) is 4.72 Å². The maximum atomic E-state index is 13.6. The highest BCUT2D eigenvalue weighted by molar-refractivity contribution is 7.92. The van der Waals surface area contributed by atoms with Gasteiger partial charge < -0.3 is 4.74 Å². The molecule has 0 spiro atoms. The van der Waals surface area contributed by atoms with Gasteiger partial charge >= 0.3 is 0 Å². The second-order valence-corrected chi connectivity index (χ2v) is 11.4. The van der Waals surface area contributed by atoms with Crippen molar-refractivity contribution in [2.24, 2.45) is 0 Å². The highest BCUT2D eigenvalue weighted by atomic mass is 32.2. The van der Waals surface area contributed by atoms with Gasteiger partial charge in [-0.05, 0) is 48.7 Å². The molecule has 2 aromatic carbocycles. The Morgan fingerprint density at radius 2 is 1.77 bits per heavy atom. The van der Waals surface area contributed by atoms with Crippen molar-refractivity contribution in [1.82, 2.24) is 4.72 Å². The van der Waals surface area contributed by atoms with Crippen LogP contribution in [0.2, 0.25) is 0 Å². The minimum atomic E-state index is -4.24. The fourth-order valence-corrected chi connectivity index (χ4v) is 6.97. The van der Waals surface area contributed by atoms with Crippen LogP contribution in [0.4, 0.5) is 4.39 Å². The quantitative estimate of drug-likeness (QED) is 0.543. The molecule has 10 heteroatoms. The van der Waals surface area contributed by atoms with Crippen LogP contribution in [0, 0.1) is 12.7 Å². The van der Waals surface area contributed by atoms with Gasteiger partial charge in [-0.15, -0.1) is 11.3 Å². The summed E-state index contributed by atoms with van der Waals surface area (Å²) in [6, 6.07) is 12.8. The first-order valence-electron chi connectivity index (χ1n) is 8.82. The molecule has 1 N–H and O–H groups in total. The SMILES string of the molecule is COc1ccc(F)cc1S(=O)(=O)NCC(c1cccs1)S(=O)(=O)c1ccc(C)cc1. The molecule has 0 amide bonds. The number of nitrogens with one attached hydrogen (secondary N) is 1. The van der Waals surface area contributed by atoms with Crippen molar-refractivity contribution < 1.29 is 26.0 Å². The minimum Gasteiger partial charge on any atom is -0.495 e.